The number of fused-ring (bicyclic) bond motifs is 1. The molecule has 4 heteroatoms. The number of hydrogen-bond donors (Lipinski definition) is 1. The van der Waals surface area contributed by atoms with Crippen LogP contribution in [0.5, 0.6) is 0 Å². The van der Waals surface area contributed by atoms with Gasteiger partial charge in [0.2, 0.25) is 0 Å². The Bertz CT molecular complexity index is 428. The molecule has 1 N–H and O–H groups in total. The Morgan fingerprint density at radius 1 is 1.30 bits per heavy atom. The van der Waals surface area contributed by atoms with Crippen LogP contribution in [-0.4, -0.2) is 40.4 Å². The highest BCUT2D eigenvalue weighted by Gasteiger charge is 2.31. The maximum Gasteiger partial charge on any atom is 0.0534 e. The molecule has 1 saturated carbocycles. The van der Waals surface area contributed by atoms with E-state index in [9.17, 15) is 0 Å². The first kappa shape index (κ1) is 14.1. The van der Waals surface area contributed by atoms with Gasteiger partial charge in [0.1, 0.15) is 0 Å². The number of aryl methyl sites for hydroxylation is 1. The summed E-state index contributed by atoms with van der Waals surface area (Å²) < 4.78 is 1.88. The van der Waals surface area contributed by atoms with Crippen LogP contribution in [0.4, 0.5) is 0 Å². The summed E-state index contributed by atoms with van der Waals surface area (Å²) in [6.07, 6.45) is 12.6. The van der Waals surface area contributed by atoms with Crippen molar-refractivity contribution in [3.63, 3.8) is 0 Å². The van der Waals surface area contributed by atoms with Gasteiger partial charge in [-0.3, -0.25) is 4.68 Å². The highest BCUT2D eigenvalue weighted by atomic mass is 15.2. The minimum Gasteiger partial charge on any atom is -0.310 e. The van der Waals surface area contributed by atoms with Gasteiger partial charge in [0, 0.05) is 44.0 Å². The van der Waals surface area contributed by atoms with E-state index in [1.807, 2.05) is 17.9 Å². The predicted molar refractivity (Wildman–Crippen MR) is 81.4 cm³/mol. The molecular formula is C16H28N4. The van der Waals surface area contributed by atoms with Crippen molar-refractivity contribution in [3.8, 4) is 0 Å². The zero-order valence-electron chi connectivity index (χ0n) is 12.9. The maximum atomic E-state index is 4.24. The van der Waals surface area contributed by atoms with Gasteiger partial charge in [-0.1, -0.05) is 12.8 Å². The molecule has 4 nitrogen and oxygen atoms in total. The van der Waals surface area contributed by atoms with Gasteiger partial charge in [0.05, 0.1) is 6.20 Å². The minimum atomic E-state index is 0.677. The largest absolute Gasteiger partial charge is 0.310 e. The third kappa shape index (κ3) is 3.41. The summed E-state index contributed by atoms with van der Waals surface area (Å²) in [6, 6.07) is 1.48. The van der Waals surface area contributed by atoms with Gasteiger partial charge in [0.15, 0.2) is 0 Å². The standard InChI is InChI=1S/C16H28N4/c1-19(10-13-9-17-20(2)11-13)12-15-8-7-14-5-3-4-6-16(14)18-15/h9,11,14-16,18H,3-8,10,12H2,1-2H3. The molecule has 3 rings (SSSR count). The fourth-order valence-electron chi connectivity index (χ4n) is 4.02. The third-order valence-electron chi connectivity index (χ3n) is 4.99. The van der Waals surface area contributed by atoms with Gasteiger partial charge < -0.3 is 10.2 Å². The van der Waals surface area contributed by atoms with Gasteiger partial charge in [-0.25, -0.2) is 0 Å². The van der Waals surface area contributed by atoms with E-state index in [0.29, 0.717) is 6.04 Å². The maximum absolute atomic E-state index is 4.24. The molecule has 3 atom stereocenters. The first-order valence-electron chi connectivity index (χ1n) is 8.13. The van der Waals surface area contributed by atoms with Crippen molar-refractivity contribution in [1.82, 2.24) is 20.0 Å². The SMILES string of the molecule is CN(Cc1cnn(C)c1)CC1CCC2CCCCC2N1. The van der Waals surface area contributed by atoms with Crippen molar-refractivity contribution in [2.75, 3.05) is 13.6 Å². The number of piperidine rings is 1. The van der Waals surface area contributed by atoms with Crippen molar-refractivity contribution < 1.29 is 0 Å². The number of rotatable bonds is 4. The molecule has 2 heterocycles. The van der Waals surface area contributed by atoms with E-state index in [1.54, 1.807) is 0 Å². The van der Waals surface area contributed by atoms with Crippen molar-refractivity contribution in [3.05, 3.63) is 18.0 Å². The second-order valence-corrected chi connectivity index (χ2v) is 6.81. The van der Waals surface area contributed by atoms with Crippen LogP contribution in [0.25, 0.3) is 0 Å². The average molecular weight is 276 g/mol. The molecule has 0 spiro atoms. The van der Waals surface area contributed by atoms with Crippen LogP contribution in [0.3, 0.4) is 0 Å². The summed E-state index contributed by atoms with van der Waals surface area (Å²) in [4.78, 5) is 2.43. The van der Waals surface area contributed by atoms with Crippen LogP contribution in [-0.2, 0) is 13.6 Å². The van der Waals surface area contributed by atoms with E-state index in [4.69, 9.17) is 0 Å². The molecule has 2 aliphatic rings. The Kier molecular flexibility index (Phi) is 4.41. The van der Waals surface area contributed by atoms with E-state index in [0.717, 1.165) is 25.0 Å². The lowest BCUT2D eigenvalue weighted by molar-refractivity contribution is 0.151. The summed E-state index contributed by atoms with van der Waals surface area (Å²) in [5.41, 5.74) is 1.31. The normalized spacial score (nSPS) is 30.4. The van der Waals surface area contributed by atoms with Crippen LogP contribution in [0, 0.1) is 5.92 Å². The number of likely N-dealkylation sites (N-methyl/N-ethyl adjacent to an activating group) is 1. The van der Waals surface area contributed by atoms with Crippen LogP contribution in [0.15, 0.2) is 12.4 Å². The Labute approximate surface area is 122 Å². The molecule has 1 saturated heterocycles. The second-order valence-electron chi connectivity index (χ2n) is 6.81. The van der Waals surface area contributed by atoms with Crippen molar-refractivity contribution in [2.45, 2.75) is 57.2 Å². The lowest BCUT2D eigenvalue weighted by Crippen LogP contribution is -2.52. The van der Waals surface area contributed by atoms with Crippen LogP contribution < -0.4 is 5.32 Å². The molecular weight excluding hydrogens is 248 g/mol. The first-order chi connectivity index (χ1) is 9.70. The van der Waals surface area contributed by atoms with Gasteiger partial charge in [-0.05, 0) is 38.6 Å². The third-order valence-corrected chi connectivity index (χ3v) is 4.99. The van der Waals surface area contributed by atoms with Gasteiger partial charge in [-0.15, -0.1) is 0 Å². The Morgan fingerprint density at radius 3 is 2.95 bits per heavy atom. The van der Waals surface area contributed by atoms with Crippen LogP contribution in [0.2, 0.25) is 0 Å². The molecule has 3 unspecified atom stereocenters. The molecule has 112 valence electrons. The number of hydrogen-bond acceptors (Lipinski definition) is 3. The zero-order chi connectivity index (χ0) is 13.9. The summed E-state index contributed by atoms with van der Waals surface area (Å²) in [5.74, 6) is 0.962. The summed E-state index contributed by atoms with van der Waals surface area (Å²) in [6.45, 7) is 2.15. The lowest BCUT2D eigenvalue weighted by Gasteiger charge is -2.41. The number of nitrogens with one attached hydrogen (secondary N) is 1. The first-order valence-corrected chi connectivity index (χ1v) is 8.13. The van der Waals surface area contributed by atoms with Crippen molar-refractivity contribution >= 4 is 0 Å². The van der Waals surface area contributed by atoms with Gasteiger partial charge >= 0.3 is 0 Å². The fraction of sp³-hybridized carbons (Fsp3) is 0.812. The van der Waals surface area contributed by atoms with Crippen molar-refractivity contribution in [2.24, 2.45) is 13.0 Å². The molecule has 20 heavy (non-hydrogen) atoms. The molecule has 2 fully saturated rings. The summed E-state index contributed by atoms with van der Waals surface area (Å²) in [7, 11) is 4.21. The Balaban J connectivity index is 1.48. The number of nitrogens with zero attached hydrogens (tertiary/aromatic N) is 3. The van der Waals surface area contributed by atoms with E-state index in [1.165, 1.54) is 44.1 Å². The smallest absolute Gasteiger partial charge is 0.0534 e. The lowest BCUT2D eigenvalue weighted by atomic mass is 9.78. The summed E-state index contributed by atoms with van der Waals surface area (Å²) in [5, 5.41) is 8.16. The zero-order valence-corrected chi connectivity index (χ0v) is 12.9. The van der Waals surface area contributed by atoms with E-state index in [2.05, 4.69) is 28.6 Å². The van der Waals surface area contributed by atoms with Crippen LogP contribution >= 0.6 is 0 Å². The second kappa shape index (κ2) is 6.27. The predicted octanol–water partition coefficient (Wildman–Crippen LogP) is 2.16. The minimum absolute atomic E-state index is 0.677. The molecule has 0 aromatic carbocycles. The molecule has 0 amide bonds. The van der Waals surface area contributed by atoms with Gasteiger partial charge in [0.25, 0.3) is 0 Å². The van der Waals surface area contributed by atoms with E-state index in [-0.39, 0.29) is 0 Å². The van der Waals surface area contributed by atoms with Crippen molar-refractivity contribution in [1.29, 1.82) is 0 Å². The molecule has 1 aliphatic carbocycles. The fourth-order valence-corrected chi connectivity index (χ4v) is 4.02. The topological polar surface area (TPSA) is 33.1 Å². The van der Waals surface area contributed by atoms with Gasteiger partial charge in [-0.2, -0.15) is 5.10 Å². The van der Waals surface area contributed by atoms with E-state index >= 15 is 0 Å². The molecule has 1 aromatic heterocycles. The Hall–Kier alpha value is -0.870. The molecule has 0 radical (unpaired) electrons. The highest BCUT2D eigenvalue weighted by molar-refractivity contribution is 5.03. The average Bonchev–Trinajstić information content (AvgIpc) is 2.83. The quantitative estimate of drug-likeness (QED) is 0.915. The monoisotopic (exact) mass is 276 g/mol. The van der Waals surface area contributed by atoms with E-state index < -0.39 is 0 Å². The number of aromatic nitrogens is 2. The highest BCUT2D eigenvalue weighted by Crippen LogP contribution is 2.32. The Morgan fingerprint density at radius 2 is 2.15 bits per heavy atom. The van der Waals surface area contributed by atoms with Crippen LogP contribution in [0.1, 0.15) is 44.1 Å². The molecule has 1 aromatic rings. The molecule has 1 aliphatic heterocycles. The molecule has 0 bridgehead atoms. The summed E-state index contributed by atoms with van der Waals surface area (Å²) >= 11 is 0.